The molecule has 0 bridgehead atoms. The van der Waals surface area contributed by atoms with Gasteiger partial charge in [-0.3, -0.25) is 4.79 Å². The van der Waals surface area contributed by atoms with Gasteiger partial charge in [0.2, 0.25) is 0 Å². The lowest BCUT2D eigenvalue weighted by atomic mass is 9.68. The number of aromatic nitrogens is 2. The third-order valence-electron chi connectivity index (χ3n) is 9.35. The van der Waals surface area contributed by atoms with Crippen molar-refractivity contribution in [2.45, 2.75) is 123 Å². The molecule has 2 saturated carbocycles. The molecule has 0 radical (unpaired) electrons. The van der Waals surface area contributed by atoms with Crippen molar-refractivity contribution in [2.75, 3.05) is 6.61 Å². The molecule has 40 heavy (non-hydrogen) atoms. The predicted molar refractivity (Wildman–Crippen MR) is 162 cm³/mol. The van der Waals surface area contributed by atoms with Crippen LogP contribution in [-0.2, 0) is 4.79 Å². The minimum Gasteiger partial charge on any atom is -0.490 e. The number of rotatable bonds is 15. The number of benzene rings is 1. The van der Waals surface area contributed by atoms with Crippen LogP contribution >= 0.6 is 0 Å². The normalized spacial score (nSPS) is 23.1. The molecule has 0 amide bonds. The fourth-order valence-electron chi connectivity index (χ4n) is 6.76. The van der Waals surface area contributed by atoms with Crippen LogP contribution in [0.3, 0.4) is 0 Å². The topological polar surface area (TPSA) is 61.3 Å². The predicted octanol–water partition coefficient (Wildman–Crippen LogP) is 9.59. The molecule has 2 fully saturated rings. The van der Waals surface area contributed by atoms with Crippen LogP contribution in [0.5, 0.6) is 11.5 Å². The highest BCUT2D eigenvalue weighted by Crippen LogP contribution is 2.42. The van der Waals surface area contributed by atoms with E-state index in [1.165, 1.54) is 89.9 Å². The Bertz CT molecular complexity index is 975. The molecule has 2 aliphatic rings. The quantitative estimate of drug-likeness (QED) is 0.126. The van der Waals surface area contributed by atoms with Gasteiger partial charge in [0.15, 0.2) is 11.6 Å². The van der Waals surface area contributed by atoms with Crippen LogP contribution < -0.4 is 9.47 Å². The van der Waals surface area contributed by atoms with Crippen molar-refractivity contribution >= 4 is 5.97 Å². The molecule has 1 heterocycles. The molecule has 5 nitrogen and oxygen atoms in total. The lowest BCUT2D eigenvalue weighted by Gasteiger charge is -2.37. The van der Waals surface area contributed by atoms with Crippen LogP contribution in [0.4, 0.5) is 0 Å². The van der Waals surface area contributed by atoms with Gasteiger partial charge in [-0.05, 0) is 87.0 Å². The summed E-state index contributed by atoms with van der Waals surface area (Å²) in [7, 11) is 0. The van der Waals surface area contributed by atoms with Crippen molar-refractivity contribution in [2.24, 2.45) is 23.7 Å². The Morgan fingerprint density at radius 2 is 1.32 bits per heavy atom. The van der Waals surface area contributed by atoms with Crippen LogP contribution in [-0.4, -0.2) is 22.5 Å². The molecule has 0 aliphatic heterocycles. The monoisotopic (exact) mass is 548 g/mol. The Labute approximate surface area is 242 Å². The van der Waals surface area contributed by atoms with Crippen molar-refractivity contribution in [3.8, 4) is 22.9 Å². The Kier molecular flexibility index (Phi) is 12.8. The van der Waals surface area contributed by atoms with Crippen molar-refractivity contribution in [1.29, 1.82) is 0 Å². The molecule has 4 rings (SSSR count). The number of esters is 1. The number of unbranched alkanes of at least 4 members (excludes halogenated alkanes) is 6. The van der Waals surface area contributed by atoms with E-state index < -0.39 is 0 Å². The largest absolute Gasteiger partial charge is 0.490 e. The number of hydrogen-bond donors (Lipinski definition) is 0. The second-order valence-electron chi connectivity index (χ2n) is 12.3. The highest BCUT2D eigenvalue weighted by molar-refractivity contribution is 5.75. The first-order chi connectivity index (χ1) is 19.7. The van der Waals surface area contributed by atoms with Crippen LogP contribution in [0.25, 0.3) is 11.4 Å². The molecule has 0 atom stereocenters. The molecule has 0 N–H and O–H groups in total. The van der Waals surface area contributed by atoms with Crippen LogP contribution in [0.2, 0.25) is 0 Å². The molecule has 5 heteroatoms. The van der Waals surface area contributed by atoms with E-state index in [4.69, 9.17) is 9.47 Å². The Hall–Kier alpha value is -2.43. The second kappa shape index (κ2) is 16.7. The molecular formula is C35H52N2O3. The average Bonchev–Trinajstić information content (AvgIpc) is 3.00. The molecule has 1 aromatic heterocycles. The van der Waals surface area contributed by atoms with Crippen LogP contribution in [0.1, 0.15) is 123 Å². The van der Waals surface area contributed by atoms with Crippen LogP contribution in [0.15, 0.2) is 36.7 Å². The highest BCUT2D eigenvalue weighted by Gasteiger charge is 2.33. The number of carbonyl (C=O) groups is 1. The maximum Gasteiger partial charge on any atom is 0.314 e. The van der Waals surface area contributed by atoms with E-state index in [9.17, 15) is 4.79 Å². The molecular weight excluding hydrogens is 496 g/mol. The summed E-state index contributed by atoms with van der Waals surface area (Å²) in [5.41, 5.74) is 0.895. The summed E-state index contributed by atoms with van der Waals surface area (Å²) in [6, 6.07) is 7.53. The van der Waals surface area contributed by atoms with E-state index in [1.54, 1.807) is 12.4 Å². The third kappa shape index (κ3) is 9.59. The van der Waals surface area contributed by atoms with Gasteiger partial charge in [-0.1, -0.05) is 78.1 Å². The van der Waals surface area contributed by atoms with E-state index >= 15 is 0 Å². The highest BCUT2D eigenvalue weighted by atomic mass is 16.5. The number of carbonyl (C=O) groups excluding carboxylic acids is 1. The molecule has 0 saturated heterocycles. The lowest BCUT2D eigenvalue weighted by molar-refractivity contribution is -0.140. The first-order valence-electron chi connectivity index (χ1n) is 16.4. The van der Waals surface area contributed by atoms with Gasteiger partial charge in [0.25, 0.3) is 0 Å². The maximum atomic E-state index is 12.9. The summed E-state index contributed by atoms with van der Waals surface area (Å²) in [6.07, 6.45) is 25.1. The van der Waals surface area contributed by atoms with E-state index in [0.29, 0.717) is 23.9 Å². The van der Waals surface area contributed by atoms with Crippen LogP contribution in [0, 0.1) is 23.7 Å². The molecule has 1 aromatic carbocycles. The minimum absolute atomic E-state index is 0.0313. The minimum atomic E-state index is -0.0710. The molecule has 2 aromatic rings. The summed E-state index contributed by atoms with van der Waals surface area (Å²) >= 11 is 0. The zero-order valence-electron chi connectivity index (χ0n) is 25.1. The van der Waals surface area contributed by atoms with Gasteiger partial charge < -0.3 is 9.47 Å². The van der Waals surface area contributed by atoms with Gasteiger partial charge >= 0.3 is 5.97 Å². The zero-order chi connectivity index (χ0) is 28.0. The fraction of sp³-hybridized carbons (Fsp3) is 0.686. The zero-order valence-corrected chi connectivity index (χ0v) is 25.1. The third-order valence-corrected chi connectivity index (χ3v) is 9.35. The Morgan fingerprint density at radius 3 is 1.98 bits per heavy atom. The summed E-state index contributed by atoms with van der Waals surface area (Å²) in [4.78, 5) is 21.8. The number of hydrogen-bond acceptors (Lipinski definition) is 5. The van der Waals surface area contributed by atoms with Gasteiger partial charge in [-0.15, -0.1) is 0 Å². The summed E-state index contributed by atoms with van der Waals surface area (Å²) in [5.74, 6) is 4.56. The average molecular weight is 549 g/mol. The lowest BCUT2D eigenvalue weighted by Crippen LogP contribution is -2.30. The van der Waals surface area contributed by atoms with Crippen molar-refractivity contribution in [3.63, 3.8) is 0 Å². The summed E-state index contributed by atoms with van der Waals surface area (Å²) in [6.45, 7) is 5.22. The van der Waals surface area contributed by atoms with Gasteiger partial charge in [0.1, 0.15) is 5.75 Å². The maximum absolute atomic E-state index is 12.9. The van der Waals surface area contributed by atoms with Gasteiger partial charge in [-0.25, -0.2) is 9.97 Å². The molecule has 0 spiro atoms. The first kappa shape index (κ1) is 30.5. The van der Waals surface area contributed by atoms with Crippen molar-refractivity contribution in [3.05, 3.63) is 36.7 Å². The van der Waals surface area contributed by atoms with Crippen molar-refractivity contribution in [1.82, 2.24) is 9.97 Å². The molecule has 220 valence electrons. The van der Waals surface area contributed by atoms with E-state index in [1.807, 2.05) is 24.3 Å². The molecule has 0 unspecified atom stereocenters. The van der Waals surface area contributed by atoms with E-state index in [2.05, 4.69) is 23.8 Å². The standard InChI is InChI=1S/C35H52N2O3/c1-3-5-7-8-10-24-39-33-25-36-34(37-26-33)30-20-22-32(23-21-30)40-35(38)31-18-16-29(17-19-31)28-14-12-27(13-15-28)11-9-6-4-2/h20-23,25-29,31H,3-19,24H2,1-2H3. The van der Waals surface area contributed by atoms with Gasteiger partial charge in [-0.2, -0.15) is 0 Å². The van der Waals surface area contributed by atoms with Crippen molar-refractivity contribution < 1.29 is 14.3 Å². The number of nitrogens with zero attached hydrogens (tertiary/aromatic N) is 2. The van der Waals surface area contributed by atoms with E-state index in [-0.39, 0.29) is 11.9 Å². The Balaban J connectivity index is 1.15. The SMILES string of the molecule is CCCCCCCOc1cnc(-c2ccc(OC(=O)C3CCC(C4CCC(CCCCC)CC4)CC3)cc2)nc1. The summed E-state index contributed by atoms with van der Waals surface area (Å²) < 4.78 is 11.6. The smallest absolute Gasteiger partial charge is 0.314 e. The van der Waals surface area contributed by atoms with Gasteiger partial charge in [0, 0.05) is 5.56 Å². The molecule has 2 aliphatic carbocycles. The van der Waals surface area contributed by atoms with E-state index in [0.717, 1.165) is 42.6 Å². The second-order valence-corrected chi connectivity index (χ2v) is 12.3. The van der Waals surface area contributed by atoms with Gasteiger partial charge in [0.05, 0.1) is 24.9 Å². The summed E-state index contributed by atoms with van der Waals surface area (Å²) in [5, 5.41) is 0. The fourth-order valence-corrected chi connectivity index (χ4v) is 6.76. The first-order valence-corrected chi connectivity index (χ1v) is 16.4. The Morgan fingerprint density at radius 1 is 0.725 bits per heavy atom. The number of ether oxygens (including phenoxy) is 2.